The van der Waals surface area contributed by atoms with Crippen LogP contribution in [0.25, 0.3) is 10.2 Å². The van der Waals surface area contributed by atoms with Crippen molar-refractivity contribution in [2.45, 2.75) is 26.7 Å². The summed E-state index contributed by atoms with van der Waals surface area (Å²) in [5.74, 6) is -0.679. The molecular weight excluding hydrogens is 362 g/mol. The van der Waals surface area contributed by atoms with Crippen LogP contribution in [0, 0.1) is 13.8 Å². The van der Waals surface area contributed by atoms with E-state index in [9.17, 15) is 14.4 Å². The molecular formula is C20H17N3O3S. The predicted octanol–water partition coefficient (Wildman–Crippen LogP) is 3.82. The van der Waals surface area contributed by atoms with Gasteiger partial charge < -0.3 is 5.32 Å². The van der Waals surface area contributed by atoms with Crippen molar-refractivity contribution in [1.29, 1.82) is 0 Å². The van der Waals surface area contributed by atoms with E-state index >= 15 is 0 Å². The number of aryl methyl sites for hydroxylation is 2. The van der Waals surface area contributed by atoms with E-state index in [0.717, 1.165) is 26.4 Å². The van der Waals surface area contributed by atoms with Crippen molar-refractivity contribution in [3.05, 3.63) is 53.1 Å². The Labute approximate surface area is 159 Å². The predicted molar refractivity (Wildman–Crippen MR) is 105 cm³/mol. The van der Waals surface area contributed by atoms with Gasteiger partial charge in [-0.15, -0.1) is 0 Å². The molecule has 27 heavy (non-hydrogen) atoms. The third kappa shape index (κ3) is 3.21. The Bertz CT molecular complexity index is 1090. The number of carbonyl (C=O) groups is 3. The van der Waals surface area contributed by atoms with Crippen molar-refractivity contribution < 1.29 is 14.4 Å². The molecule has 7 heteroatoms. The zero-order valence-corrected chi connectivity index (χ0v) is 15.7. The van der Waals surface area contributed by atoms with Crippen molar-refractivity contribution in [3.8, 4) is 0 Å². The second-order valence-electron chi connectivity index (χ2n) is 6.55. The molecule has 0 bridgehead atoms. The Morgan fingerprint density at radius 1 is 1.04 bits per heavy atom. The lowest BCUT2D eigenvalue weighted by Gasteiger charge is -2.08. The second-order valence-corrected chi connectivity index (χ2v) is 7.56. The average molecular weight is 379 g/mol. The SMILES string of the molecule is Cc1ccc(NC(=O)c2ccc3nc(N4C(=O)CCC4=O)sc3c2)cc1C. The number of amides is 3. The highest BCUT2D eigenvalue weighted by Crippen LogP contribution is 2.32. The van der Waals surface area contributed by atoms with Gasteiger partial charge >= 0.3 is 0 Å². The smallest absolute Gasteiger partial charge is 0.255 e. The lowest BCUT2D eigenvalue weighted by molar-refractivity contribution is -0.121. The quantitative estimate of drug-likeness (QED) is 0.702. The van der Waals surface area contributed by atoms with Crippen LogP contribution < -0.4 is 10.2 Å². The number of rotatable bonds is 3. The maximum Gasteiger partial charge on any atom is 0.255 e. The molecule has 4 rings (SSSR count). The summed E-state index contributed by atoms with van der Waals surface area (Å²) in [7, 11) is 0. The number of benzene rings is 2. The van der Waals surface area contributed by atoms with E-state index < -0.39 is 0 Å². The number of nitrogens with zero attached hydrogens (tertiary/aromatic N) is 2. The molecule has 3 aromatic rings. The number of imide groups is 1. The molecule has 1 aliphatic rings. The van der Waals surface area contributed by atoms with E-state index in [-0.39, 0.29) is 30.6 Å². The number of anilines is 2. The summed E-state index contributed by atoms with van der Waals surface area (Å²) in [6.45, 7) is 4.02. The molecule has 136 valence electrons. The molecule has 1 fully saturated rings. The van der Waals surface area contributed by atoms with Crippen LogP contribution in [0.3, 0.4) is 0 Å². The lowest BCUT2D eigenvalue weighted by atomic mass is 10.1. The van der Waals surface area contributed by atoms with E-state index in [1.807, 2.05) is 32.0 Å². The zero-order chi connectivity index (χ0) is 19.1. The molecule has 1 aromatic heterocycles. The first-order valence-electron chi connectivity index (χ1n) is 8.57. The Hall–Kier alpha value is -3.06. The van der Waals surface area contributed by atoms with Gasteiger partial charge in [-0.3, -0.25) is 14.4 Å². The third-order valence-electron chi connectivity index (χ3n) is 4.65. The number of nitrogens with one attached hydrogen (secondary N) is 1. The minimum Gasteiger partial charge on any atom is -0.322 e. The Kier molecular flexibility index (Phi) is 4.24. The van der Waals surface area contributed by atoms with Crippen LogP contribution in [0.1, 0.15) is 34.3 Å². The van der Waals surface area contributed by atoms with Gasteiger partial charge in [0, 0.05) is 24.1 Å². The molecule has 0 aliphatic carbocycles. The average Bonchev–Trinajstić information content (AvgIpc) is 3.19. The van der Waals surface area contributed by atoms with E-state index in [1.54, 1.807) is 18.2 Å². The van der Waals surface area contributed by atoms with Crippen molar-refractivity contribution in [2.24, 2.45) is 0 Å². The fourth-order valence-corrected chi connectivity index (χ4v) is 4.00. The van der Waals surface area contributed by atoms with Gasteiger partial charge in [0.1, 0.15) is 0 Å². The molecule has 1 N–H and O–H groups in total. The summed E-state index contributed by atoms with van der Waals surface area (Å²) >= 11 is 1.24. The fourth-order valence-electron chi connectivity index (χ4n) is 2.96. The number of hydrogen-bond donors (Lipinski definition) is 1. The molecule has 0 unspecified atom stereocenters. The van der Waals surface area contributed by atoms with Crippen LogP contribution >= 0.6 is 11.3 Å². The number of thiazole rings is 1. The zero-order valence-electron chi connectivity index (χ0n) is 14.9. The maximum atomic E-state index is 12.6. The first kappa shape index (κ1) is 17.4. The molecule has 1 saturated heterocycles. The van der Waals surface area contributed by atoms with Crippen LogP contribution in [0.2, 0.25) is 0 Å². The molecule has 3 amide bonds. The van der Waals surface area contributed by atoms with Gasteiger partial charge in [0.25, 0.3) is 5.91 Å². The standard InChI is InChI=1S/C20H17N3O3S/c1-11-3-5-14(9-12(11)2)21-19(26)13-4-6-15-16(10-13)27-20(22-15)23-17(24)7-8-18(23)25/h3-6,9-10H,7-8H2,1-2H3,(H,21,26). The van der Waals surface area contributed by atoms with Gasteiger partial charge in [-0.25, -0.2) is 9.88 Å². The number of fused-ring (bicyclic) bond motifs is 1. The minimum absolute atomic E-state index is 0.219. The monoisotopic (exact) mass is 379 g/mol. The van der Waals surface area contributed by atoms with E-state index in [4.69, 9.17) is 0 Å². The van der Waals surface area contributed by atoms with Crippen LogP contribution in [0.5, 0.6) is 0 Å². The van der Waals surface area contributed by atoms with Crippen LogP contribution in [0.15, 0.2) is 36.4 Å². The summed E-state index contributed by atoms with van der Waals surface area (Å²) in [5, 5.41) is 3.26. The van der Waals surface area contributed by atoms with Crippen LogP contribution in [0.4, 0.5) is 10.8 Å². The van der Waals surface area contributed by atoms with Gasteiger partial charge in [-0.1, -0.05) is 17.4 Å². The molecule has 0 saturated carbocycles. The molecule has 1 aliphatic heterocycles. The Balaban J connectivity index is 1.61. The van der Waals surface area contributed by atoms with Gasteiger partial charge in [0.05, 0.1) is 10.2 Å². The highest BCUT2D eigenvalue weighted by molar-refractivity contribution is 7.22. The topological polar surface area (TPSA) is 79.4 Å². The first-order valence-corrected chi connectivity index (χ1v) is 9.39. The highest BCUT2D eigenvalue weighted by atomic mass is 32.1. The fraction of sp³-hybridized carbons (Fsp3) is 0.200. The van der Waals surface area contributed by atoms with Crippen LogP contribution in [-0.2, 0) is 9.59 Å². The maximum absolute atomic E-state index is 12.6. The summed E-state index contributed by atoms with van der Waals surface area (Å²) in [6, 6.07) is 10.9. The van der Waals surface area contributed by atoms with Gasteiger partial charge in [-0.2, -0.15) is 0 Å². The van der Waals surface area contributed by atoms with Gasteiger partial charge in [0.15, 0.2) is 5.13 Å². The normalized spacial score (nSPS) is 14.2. The van der Waals surface area contributed by atoms with Crippen molar-refractivity contribution in [3.63, 3.8) is 0 Å². The van der Waals surface area contributed by atoms with Crippen LogP contribution in [-0.4, -0.2) is 22.7 Å². The van der Waals surface area contributed by atoms with Crippen molar-refractivity contribution >= 4 is 50.1 Å². The number of hydrogen-bond acceptors (Lipinski definition) is 5. The summed E-state index contributed by atoms with van der Waals surface area (Å²) in [6.07, 6.45) is 0.441. The van der Waals surface area contributed by atoms with Crippen molar-refractivity contribution in [1.82, 2.24) is 4.98 Å². The van der Waals surface area contributed by atoms with Gasteiger partial charge in [0.2, 0.25) is 11.8 Å². The van der Waals surface area contributed by atoms with E-state index in [0.29, 0.717) is 16.2 Å². The minimum atomic E-state index is -0.230. The highest BCUT2D eigenvalue weighted by Gasteiger charge is 2.32. The number of aromatic nitrogens is 1. The van der Waals surface area contributed by atoms with E-state index in [2.05, 4.69) is 10.3 Å². The third-order valence-corrected chi connectivity index (χ3v) is 5.65. The van der Waals surface area contributed by atoms with Gasteiger partial charge in [-0.05, 0) is 55.3 Å². The molecule has 0 spiro atoms. The summed E-state index contributed by atoms with van der Waals surface area (Å²) in [4.78, 5) is 41.9. The van der Waals surface area contributed by atoms with E-state index in [1.165, 1.54) is 11.3 Å². The molecule has 2 aromatic carbocycles. The second kappa shape index (κ2) is 6.59. The Morgan fingerprint density at radius 2 is 1.78 bits per heavy atom. The largest absolute Gasteiger partial charge is 0.322 e. The van der Waals surface area contributed by atoms with Crippen molar-refractivity contribution in [2.75, 3.05) is 10.2 Å². The Morgan fingerprint density at radius 3 is 2.48 bits per heavy atom. The summed E-state index contributed by atoms with van der Waals surface area (Å²) < 4.78 is 0.755. The molecule has 0 atom stereocenters. The lowest BCUT2D eigenvalue weighted by Crippen LogP contribution is -2.28. The first-order chi connectivity index (χ1) is 12.9. The number of carbonyl (C=O) groups excluding carboxylic acids is 3. The summed E-state index contributed by atoms with van der Waals surface area (Å²) in [5.41, 5.74) is 4.16. The molecule has 6 nitrogen and oxygen atoms in total. The molecule has 2 heterocycles. The molecule has 0 radical (unpaired) electrons.